The highest BCUT2D eigenvalue weighted by Crippen LogP contribution is 2.15. The van der Waals surface area contributed by atoms with Crippen molar-refractivity contribution in [3.8, 4) is 0 Å². The first kappa shape index (κ1) is 23.6. The van der Waals surface area contributed by atoms with E-state index in [2.05, 4.69) is 71.4 Å². The summed E-state index contributed by atoms with van der Waals surface area (Å²) in [6, 6.07) is 11.4. The summed E-state index contributed by atoms with van der Waals surface area (Å²) in [5.41, 5.74) is 2.25. The molecule has 2 rings (SSSR count). The first-order valence-corrected chi connectivity index (χ1v) is 9.55. The molecule has 0 bridgehead atoms. The van der Waals surface area contributed by atoms with Crippen LogP contribution in [0.15, 0.2) is 41.5 Å². The van der Waals surface area contributed by atoms with Gasteiger partial charge in [0.2, 0.25) is 0 Å². The number of para-hydroxylation sites is 1. The first-order valence-electron chi connectivity index (χ1n) is 9.55. The van der Waals surface area contributed by atoms with E-state index in [-0.39, 0.29) is 24.0 Å². The molecule has 0 radical (unpaired) electrons. The molecule has 0 saturated heterocycles. The molecule has 0 spiro atoms. The van der Waals surface area contributed by atoms with Crippen molar-refractivity contribution in [3.63, 3.8) is 0 Å². The minimum absolute atomic E-state index is 0. The lowest BCUT2D eigenvalue weighted by Gasteiger charge is -2.30. The zero-order chi connectivity index (χ0) is 18.9. The quantitative estimate of drug-likeness (QED) is 0.258. The second-order valence-corrected chi connectivity index (χ2v) is 7.12. The fraction of sp³-hybridized carbons (Fsp3) is 0.524. The molecule has 0 unspecified atom stereocenters. The molecule has 1 heterocycles. The second-order valence-electron chi connectivity index (χ2n) is 7.12. The van der Waals surface area contributed by atoms with Crippen LogP contribution in [0.2, 0.25) is 0 Å². The van der Waals surface area contributed by atoms with Crippen molar-refractivity contribution in [2.75, 3.05) is 20.1 Å². The van der Waals surface area contributed by atoms with Gasteiger partial charge in [0, 0.05) is 50.3 Å². The molecular formula is C21H34IN5. The SMILES string of the molecule is CN=C(NCCCN(C(C)C)C(C)C)NCc1ccnc2ccccc12.I. The molecule has 5 nitrogen and oxygen atoms in total. The maximum atomic E-state index is 4.42. The van der Waals surface area contributed by atoms with Gasteiger partial charge in [-0.25, -0.2) is 0 Å². The Kier molecular flexibility index (Phi) is 10.6. The number of hydrogen-bond acceptors (Lipinski definition) is 3. The van der Waals surface area contributed by atoms with Crippen LogP contribution in [0.3, 0.4) is 0 Å². The minimum atomic E-state index is 0. The zero-order valence-corrected chi connectivity index (χ0v) is 19.5. The van der Waals surface area contributed by atoms with Gasteiger partial charge in [-0.05, 0) is 51.8 Å². The summed E-state index contributed by atoms with van der Waals surface area (Å²) in [6.07, 6.45) is 2.96. The van der Waals surface area contributed by atoms with Crippen LogP contribution in [-0.2, 0) is 6.54 Å². The number of pyridine rings is 1. The van der Waals surface area contributed by atoms with E-state index in [0.717, 1.165) is 37.5 Å². The van der Waals surface area contributed by atoms with Crippen molar-refractivity contribution in [1.29, 1.82) is 0 Å². The summed E-state index contributed by atoms with van der Waals surface area (Å²) in [5, 5.41) is 8.01. The molecule has 0 saturated carbocycles. The van der Waals surface area contributed by atoms with E-state index in [1.54, 1.807) is 0 Å². The lowest BCUT2D eigenvalue weighted by atomic mass is 10.1. The number of fused-ring (bicyclic) bond motifs is 1. The maximum Gasteiger partial charge on any atom is 0.191 e. The summed E-state index contributed by atoms with van der Waals surface area (Å²) in [5.74, 6) is 0.839. The number of nitrogens with zero attached hydrogens (tertiary/aromatic N) is 3. The summed E-state index contributed by atoms with van der Waals surface area (Å²) >= 11 is 0. The van der Waals surface area contributed by atoms with Gasteiger partial charge in [-0.15, -0.1) is 24.0 Å². The van der Waals surface area contributed by atoms with Gasteiger partial charge < -0.3 is 10.6 Å². The molecule has 6 heteroatoms. The molecule has 150 valence electrons. The van der Waals surface area contributed by atoms with E-state index in [0.29, 0.717) is 12.1 Å². The number of aromatic nitrogens is 1. The molecule has 0 amide bonds. The number of benzene rings is 1. The van der Waals surface area contributed by atoms with Gasteiger partial charge in [0.05, 0.1) is 5.52 Å². The minimum Gasteiger partial charge on any atom is -0.356 e. The molecular weight excluding hydrogens is 449 g/mol. The standard InChI is InChI=1S/C21H33N5.HI/c1-16(2)26(17(3)4)14-8-12-24-21(22-5)25-15-18-11-13-23-20-10-7-6-9-19(18)20;/h6-7,9-11,13,16-17H,8,12,14-15H2,1-5H3,(H2,22,24,25);1H. The van der Waals surface area contributed by atoms with Gasteiger partial charge in [0.25, 0.3) is 0 Å². The Morgan fingerprint density at radius 1 is 1.07 bits per heavy atom. The zero-order valence-electron chi connectivity index (χ0n) is 17.2. The Morgan fingerprint density at radius 2 is 1.78 bits per heavy atom. The topological polar surface area (TPSA) is 52.6 Å². The third-order valence-corrected chi connectivity index (χ3v) is 4.62. The Morgan fingerprint density at radius 3 is 2.44 bits per heavy atom. The lowest BCUT2D eigenvalue weighted by molar-refractivity contribution is 0.173. The second kappa shape index (κ2) is 12.1. The van der Waals surface area contributed by atoms with Crippen molar-refractivity contribution in [1.82, 2.24) is 20.5 Å². The molecule has 0 aliphatic carbocycles. The highest BCUT2D eigenvalue weighted by atomic mass is 127. The van der Waals surface area contributed by atoms with Gasteiger partial charge in [-0.3, -0.25) is 14.9 Å². The molecule has 0 aliphatic rings. The van der Waals surface area contributed by atoms with Crippen molar-refractivity contribution >= 4 is 40.8 Å². The third-order valence-electron chi connectivity index (χ3n) is 4.62. The number of hydrogen-bond donors (Lipinski definition) is 2. The van der Waals surface area contributed by atoms with Crippen molar-refractivity contribution in [2.24, 2.45) is 4.99 Å². The number of nitrogens with one attached hydrogen (secondary N) is 2. The Labute approximate surface area is 181 Å². The van der Waals surface area contributed by atoms with E-state index < -0.39 is 0 Å². The summed E-state index contributed by atoms with van der Waals surface area (Å²) in [7, 11) is 1.81. The highest BCUT2D eigenvalue weighted by Gasteiger charge is 2.12. The summed E-state index contributed by atoms with van der Waals surface area (Å²) in [4.78, 5) is 11.3. The van der Waals surface area contributed by atoms with Gasteiger partial charge >= 0.3 is 0 Å². The predicted octanol–water partition coefficient (Wildman–Crippen LogP) is 4.03. The van der Waals surface area contributed by atoms with E-state index in [9.17, 15) is 0 Å². The molecule has 0 fully saturated rings. The van der Waals surface area contributed by atoms with Crippen LogP contribution in [0.4, 0.5) is 0 Å². The summed E-state index contributed by atoms with van der Waals surface area (Å²) in [6.45, 7) is 11.8. The molecule has 1 aromatic carbocycles. The molecule has 27 heavy (non-hydrogen) atoms. The van der Waals surface area contributed by atoms with Crippen LogP contribution in [0, 0.1) is 0 Å². The van der Waals surface area contributed by atoms with Crippen LogP contribution >= 0.6 is 24.0 Å². The van der Waals surface area contributed by atoms with E-state index >= 15 is 0 Å². The number of aliphatic imine (C=N–C) groups is 1. The van der Waals surface area contributed by atoms with Gasteiger partial charge in [-0.1, -0.05) is 18.2 Å². The Bertz CT molecular complexity index is 701. The maximum absolute atomic E-state index is 4.42. The van der Waals surface area contributed by atoms with Crippen LogP contribution < -0.4 is 10.6 Å². The van der Waals surface area contributed by atoms with Gasteiger partial charge in [0.1, 0.15) is 0 Å². The smallest absolute Gasteiger partial charge is 0.191 e. The van der Waals surface area contributed by atoms with Crippen LogP contribution in [0.25, 0.3) is 10.9 Å². The van der Waals surface area contributed by atoms with E-state index in [4.69, 9.17) is 0 Å². The molecule has 0 atom stereocenters. The normalized spacial score (nSPS) is 11.9. The fourth-order valence-electron chi connectivity index (χ4n) is 3.29. The van der Waals surface area contributed by atoms with Gasteiger partial charge in [0.15, 0.2) is 5.96 Å². The Hall–Kier alpha value is -1.41. The monoisotopic (exact) mass is 483 g/mol. The third kappa shape index (κ3) is 7.25. The van der Waals surface area contributed by atoms with Crippen molar-refractivity contribution < 1.29 is 0 Å². The highest BCUT2D eigenvalue weighted by molar-refractivity contribution is 14.0. The predicted molar refractivity (Wildman–Crippen MR) is 127 cm³/mol. The average molecular weight is 483 g/mol. The first-order chi connectivity index (χ1) is 12.5. The fourth-order valence-corrected chi connectivity index (χ4v) is 3.29. The number of guanidine groups is 1. The average Bonchev–Trinajstić information content (AvgIpc) is 2.63. The number of rotatable bonds is 8. The van der Waals surface area contributed by atoms with Crippen molar-refractivity contribution in [3.05, 3.63) is 42.1 Å². The lowest BCUT2D eigenvalue weighted by Crippen LogP contribution is -2.41. The van der Waals surface area contributed by atoms with Crippen LogP contribution in [0.5, 0.6) is 0 Å². The van der Waals surface area contributed by atoms with Gasteiger partial charge in [-0.2, -0.15) is 0 Å². The van der Waals surface area contributed by atoms with E-state index in [1.165, 1.54) is 10.9 Å². The molecule has 1 aromatic heterocycles. The van der Waals surface area contributed by atoms with Crippen molar-refractivity contribution in [2.45, 2.75) is 52.7 Å². The largest absolute Gasteiger partial charge is 0.356 e. The van der Waals surface area contributed by atoms with Crippen LogP contribution in [-0.4, -0.2) is 48.1 Å². The Balaban J connectivity index is 0.00000364. The molecule has 2 aromatic rings. The van der Waals surface area contributed by atoms with Crippen LogP contribution in [0.1, 0.15) is 39.7 Å². The summed E-state index contributed by atoms with van der Waals surface area (Å²) < 4.78 is 0. The van der Waals surface area contributed by atoms with E-state index in [1.807, 2.05) is 25.4 Å². The number of halogens is 1. The molecule has 2 N–H and O–H groups in total. The molecule has 0 aliphatic heterocycles.